The Balaban J connectivity index is 1.50. The molecule has 0 bridgehead atoms. The molecule has 13 heteroatoms. The first kappa shape index (κ1) is 20.1. The van der Waals surface area contributed by atoms with Crippen molar-refractivity contribution in [2.45, 2.75) is 72.2 Å². The molecule has 5 aliphatic rings. The van der Waals surface area contributed by atoms with E-state index in [0.717, 1.165) is 0 Å². The number of ether oxygens (including phenoxy) is 1. The third-order valence-electron chi connectivity index (χ3n) is 7.98. The zero-order valence-corrected chi connectivity index (χ0v) is 14.2. The minimum atomic E-state index is -7.22. The van der Waals surface area contributed by atoms with Crippen LogP contribution in [0.2, 0.25) is 0 Å². The van der Waals surface area contributed by atoms with E-state index in [1.54, 1.807) is 0 Å². The molecule has 1 N–H and O–H groups in total. The lowest BCUT2D eigenvalue weighted by Crippen LogP contribution is -2.84. The van der Waals surface area contributed by atoms with E-state index in [1.807, 2.05) is 0 Å². The highest BCUT2D eigenvalue weighted by atomic mass is 19.4. The van der Waals surface area contributed by atoms with E-state index < -0.39 is 58.5 Å². The van der Waals surface area contributed by atoms with Crippen molar-refractivity contribution in [3.63, 3.8) is 0 Å². The highest BCUT2D eigenvalue weighted by Crippen LogP contribution is 2.89. The molecular weight excluding hydrogens is 433 g/mol. The average molecular weight is 446 g/mol. The minimum Gasteiger partial charge on any atom is -0.389 e. The molecule has 0 heterocycles. The molecule has 5 fully saturated rings. The van der Waals surface area contributed by atoms with Gasteiger partial charge in [-0.2, -0.15) is 43.9 Å². The Morgan fingerprint density at radius 3 is 1.62 bits per heavy atom. The number of hydrogen-bond donors (Lipinski definition) is 1. The maximum Gasteiger partial charge on any atom is 0.384 e. The van der Waals surface area contributed by atoms with Gasteiger partial charge in [0.25, 0.3) is 5.67 Å². The second-order valence-corrected chi connectivity index (χ2v) is 9.22. The Hall–Kier alpha value is -0.850. The van der Waals surface area contributed by atoms with Crippen LogP contribution in [0.1, 0.15) is 25.7 Å². The molecule has 5 saturated carbocycles. The summed E-state index contributed by atoms with van der Waals surface area (Å²) in [7, 11) is 0. The van der Waals surface area contributed by atoms with Gasteiger partial charge in [0, 0.05) is 11.8 Å². The summed E-state index contributed by atoms with van der Waals surface area (Å²) >= 11 is 0. The largest absolute Gasteiger partial charge is 0.389 e. The first-order chi connectivity index (χ1) is 12.8. The molecule has 29 heavy (non-hydrogen) atoms. The van der Waals surface area contributed by atoms with E-state index in [4.69, 9.17) is 4.74 Å². The summed E-state index contributed by atoms with van der Waals surface area (Å²) < 4.78 is 156. The average Bonchev–Trinajstić information content (AvgIpc) is 3.16. The third kappa shape index (κ3) is 1.55. The molecule has 166 valence electrons. The Kier molecular flexibility index (Phi) is 3.03. The van der Waals surface area contributed by atoms with Crippen LogP contribution >= 0.6 is 0 Å². The van der Waals surface area contributed by atoms with Crippen LogP contribution in [-0.4, -0.2) is 58.2 Å². The quantitative estimate of drug-likeness (QED) is 0.659. The lowest BCUT2D eigenvalue weighted by molar-refractivity contribution is -0.488. The molecule has 1 spiro atoms. The Morgan fingerprint density at radius 2 is 1.17 bits per heavy atom. The van der Waals surface area contributed by atoms with Crippen molar-refractivity contribution in [3.05, 3.63) is 0 Å². The van der Waals surface area contributed by atoms with E-state index in [1.165, 1.54) is 0 Å². The summed E-state index contributed by atoms with van der Waals surface area (Å²) in [5.74, 6) is -35.5. The van der Waals surface area contributed by atoms with Crippen LogP contribution in [0.5, 0.6) is 0 Å². The number of rotatable bonds is 3. The van der Waals surface area contributed by atoms with Gasteiger partial charge in [-0.05, 0) is 31.1 Å². The summed E-state index contributed by atoms with van der Waals surface area (Å²) in [6.45, 7) is -2.65. The van der Waals surface area contributed by atoms with Crippen molar-refractivity contribution >= 4 is 0 Å². The molecule has 2 nitrogen and oxygen atoms in total. The number of hydrogen-bond acceptors (Lipinski definition) is 2. The molecule has 5 atom stereocenters. The van der Waals surface area contributed by atoms with Crippen LogP contribution in [0.4, 0.5) is 48.3 Å². The Bertz CT molecular complexity index is 783. The highest BCUT2D eigenvalue weighted by Gasteiger charge is 3.01. The van der Waals surface area contributed by atoms with Crippen LogP contribution in [0.3, 0.4) is 0 Å². The van der Waals surface area contributed by atoms with E-state index in [0.29, 0.717) is 12.8 Å². The van der Waals surface area contributed by atoms with Gasteiger partial charge in [-0.25, -0.2) is 4.39 Å². The molecule has 0 aliphatic heterocycles. The van der Waals surface area contributed by atoms with Gasteiger partial charge in [-0.1, -0.05) is 0 Å². The maximum atomic E-state index is 14.8. The number of alkyl halides is 11. The van der Waals surface area contributed by atoms with Crippen molar-refractivity contribution < 1.29 is 58.1 Å². The first-order valence-corrected chi connectivity index (χ1v) is 8.75. The molecule has 5 rings (SSSR count). The van der Waals surface area contributed by atoms with Crippen molar-refractivity contribution in [2.75, 3.05) is 6.61 Å². The zero-order valence-electron chi connectivity index (χ0n) is 14.2. The fourth-order valence-corrected chi connectivity index (χ4v) is 6.55. The van der Waals surface area contributed by atoms with E-state index in [-0.39, 0.29) is 24.7 Å². The fraction of sp³-hybridized carbons (Fsp3) is 1.00. The van der Waals surface area contributed by atoms with Crippen LogP contribution in [0, 0.1) is 17.3 Å². The predicted octanol–water partition coefficient (Wildman–Crippen LogP) is 4.20. The number of halogens is 11. The Morgan fingerprint density at radius 1 is 0.690 bits per heavy atom. The van der Waals surface area contributed by atoms with Crippen LogP contribution in [-0.2, 0) is 4.74 Å². The molecule has 0 aromatic carbocycles. The zero-order chi connectivity index (χ0) is 21.9. The normalized spacial score (nSPS) is 52.6. The van der Waals surface area contributed by atoms with Gasteiger partial charge in [0.05, 0.1) is 17.8 Å². The summed E-state index contributed by atoms with van der Waals surface area (Å²) in [6, 6.07) is 0. The molecule has 0 radical (unpaired) electrons. The first-order valence-electron chi connectivity index (χ1n) is 8.75. The summed E-state index contributed by atoms with van der Waals surface area (Å²) in [4.78, 5) is 0. The van der Waals surface area contributed by atoms with Gasteiger partial charge >= 0.3 is 29.6 Å². The molecule has 5 aliphatic carbocycles. The highest BCUT2D eigenvalue weighted by molar-refractivity contribution is 5.41. The molecule has 0 aromatic heterocycles. The molecule has 5 unspecified atom stereocenters. The lowest BCUT2D eigenvalue weighted by atomic mass is 9.46. The lowest BCUT2D eigenvalue weighted by Gasteiger charge is -2.60. The second-order valence-electron chi connectivity index (χ2n) is 9.22. The summed E-state index contributed by atoms with van der Waals surface area (Å²) in [5, 5.41) is 10.3. The van der Waals surface area contributed by atoms with Gasteiger partial charge in [0.1, 0.15) is 0 Å². The Labute approximate surface area is 155 Å². The van der Waals surface area contributed by atoms with Crippen molar-refractivity contribution in [3.8, 4) is 0 Å². The molecule has 0 saturated heterocycles. The van der Waals surface area contributed by atoms with Crippen molar-refractivity contribution in [1.82, 2.24) is 0 Å². The van der Waals surface area contributed by atoms with E-state index in [2.05, 4.69) is 0 Å². The fourth-order valence-electron chi connectivity index (χ4n) is 6.55. The van der Waals surface area contributed by atoms with Gasteiger partial charge in [0.2, 0.25) is 0 Å². The van der Waals surface area contributed by atoms with Crippen molar-refractivity contribution in [2.24, 2.45) is 17.3 Å². The third-order valence-corrected chi connectivity index (χ3v) is 7.98. The summed E-state index contributed by atoms with van der Waals surface area (Å²) in [6.07, 6.45) is 0.452. The van der Waals surface area contributed by atoms with Crippen LogP contribution in [0.25, 0.3) is 0 Å². The second kappa shape index (κ2) is 4.37. The minimum absolute atomic E-state index is 0.0274. The van der Waals surface area contributed by atoms with Crippen LogP contribution in [0.15, 0.2) is 0 Å². The molecule has 0 amide bonds. The van der Waals surface area contributed by atoms with E-state index in [9.17, 15) is 53.4 Å². The van der Waals surface area contributed by atoms with Gasteiger partial charge < -0.3 is 9.84 Å². The SMILES string of the molecule is OC12CC3CC4(CC4(OCC4(F)C(F)(F)C(F)(F)C(F)(F)C(F)(F)C4(F)F)C1)C32. The van der Waals surface area contributed by atoms with Crippen molar-refractivity contribution in [1.29, 1.82) is 0 Å². The van der Waals surface area contributed by atoms with E-state index >= 15 is 0 Å². The summed E-state index contributed by atoms with van der Waals surface area (Å²) in [5.41, 5.74) is -9.85. The van der Waals surface area contributed by atoms with Gasteiger partial charge in [-0.15, -0.1) is 0 Å². The van der Waals surface area contributed by atoms with Crippen LogP contribution < -0.4 is 0 Å². The topological polar surface area (TPSA) is 29.5 Å². The maximum absolute atomic E-state index is 14.8. The number of aliphatic hydroxyl groups is 1. The molecule has 0 aromatic rings. The van der Waals surface area contributed by atoms with Gasteiger partial charge in [-0.3, -0.25) is 0 Å². The monoisotopic (exact) mass is 446 g/mol. The smallest absolute Gasteiger partial charge is 0.384 e. The van der Waals surface area contributed by atoms with Gasteiger partial charge in [0.15, 0.2) is 0 Å². The standard InChI is InChI=1S/C16H13F11O2/c17-11(5-29-10-3-8(10)1-6-2-9(28,4-10)7(6)8)12(18,19)14(22,23)16(26,27)15(24,25)13(11,20)21/h6-7,28H,1-5H2. The molecular formula is C16H13F11O2. The predicted molar refractivity (Wildman–Crippen MR) is 70.1 cm³/mol.